The van der Waals surface area contributed by atoms with E-state index in [-0.39, 0.29) is 6.10 Å². The van der Waals surface area contributed by atoms with Crippen LogP contribution in [0, 0.1) is 5.92 Å². The third kappa shape index (κ3) is 3.18. The number of rotatable bonds is 3. The molecule has 2 heteroatoms. The van der Waals surface area contributed by atoms with E-state index in [9.17, 15) is 5.11 Å². The van der Waals surface area contributed by atoms with E-state index in [0.717, 1.165) is 31.6 Å². The lowest BCUT2D eigenvalue weighted by Gasteiger charge is -2.31. The van der Waals surface area contributed by atoms with E-state index in [4.69, 9.17) is 0 Å². The van der Waals surface area contributed by atoms with Crippen molar-refractivity contribution in [2.24, 2.45) is 5.92 Å². The predicted octanol–water partition coefficient (Wildman–Crippen LogP) is 2.46. The summed E-state index contributed by atoms with van der Waals surface area (Å²) >= 11 is 0. The van der Waals surface area contributed by atoms with Crippen LogP contribution in [0.5, 0.6) is 0 Å². The van der Waals surface area contributed by atoms with Crippen molar-refractivity contribution in [2.45, 2.75) is 76.5 Å². The smallest absolute Gasteiger partial charge is 0.0541 e. The molecular weight excluding hydrogens is 186 g/mol. The largest absolute Gasteiger partial charge is 0.393 e. The Balaban J connectivity index is 1.71. The Hall–Kier alpha value is -0.0800. The molecule has 0 saturated heterocycles. The molecule has 0 aromatic carbocycles. The minimum atomic E-state index is -0.0233. The van der Waals surface area contributed by atoms with Crippen LogP contribution in [0.25, 0.3) is 0 Å². The molecule has 15 heavy (non-hydrogen) atoms. The average Bonchev–Trinajstić information content (AvgIpc) is 2.74. The molecule has 2 fully saturated rings. The van der Waals surface area contributed by atoms with Crippen molar-refractivity contribution in [3.63, 3.8) is 0 Å². The summed E-state index contributed by atoms with van der Waals surface area (Å²) < 4.78 is 0. The molecule has 0 heterocycles. The van der Waals surface area contributed by atoms with Crippen LogP contribution in [0.3, 0.4) is 0 Å². The fourth-order valence-electron chi connectivity index (χ4n) is 3.21. The van der Waals surface area contributed by atoms with E-state index in [0.29, 0.717) is 12.1 Å². The van der Waals surface area contributed by atoms with Gasteiger partial charge in [0.1, 0.15) is 0 Å². The van der Waals surface area contributed by atoms with Gasteiger partial charge in [0.25, 0.3) is 0 Å². The van der Waals surface area contributed by atoms with E-state index in [1.54, 1.807) is 0 Å². The Morgan fingerprint density at radius 2 is 1.60 bits per heavy atom. The van der Waals surface area contributed by atoms with Crippen LogP contribution in [0.2, 0.25) is 0 Å². The molecule has 0 aliphatic heterocycles. The van der Waals surface area contributed by atoms with Crippen molar-refractivity contribution in [3.05, 3.63) is 0 Å². The van der Waals surface area contributed by atoms with Gasteiger partial charge < -0.3 is 10.4 Å². The topological polar surface area (TPSA) is 32.3 Å². The van der Waals surface area contributed by atoms with Gasteiger partial charge in [-0.2, -0.15) is 0 Å². The first-order valence-electron chi connectivity index (χ1n) is 6.70. The van der Waals surface area contributed by atoms with Crippen LogP contribution in [-0.4, -0.2) is 23.3 Å². The second-order valence-corrected chi connectivity index (χ2v) is 5.51. The first-order chi connectivity index (χ1) is 7.25. The zero-order valence-corrected chi connectivity index (χ0v) is 9.91. The zero-order valence-electron chi connectivity index (χ0n) is 9.91. The van der Waals surface area contributed by atoms with Crippen molar-refractivity contribution >= 4 is 0 Å². The molecule has 0 radical (unpaired) electrons. The maximum Gasteiger partial charge on any atom is 0.0541 e. The third-order valence-corrected chi connectivity index (χ3v) is 4.30. The molecule has 2 rings (SSSR count). The van der Waals surface area contributed by atoms with E-state index in [2.05, 4.69) is 12.2 Å². The van der Waals surface area contributed by atoms with E-state index >= 15 is 0 Å². The average molecular weight is 211 g/mol. The summed E-state index contributed by atoms with van der Waals surface area (Å²) in [5.41, 5.74) is 0. The molecular formula is C13H25NO. The third-order valence-electron chi connectivity index (χ3n) is 4.30. The summed E-state index contributed by atoms with van der Waals surface area (Å²) in [6, 6.07) is 1.36. The second kappa shape index (κ2) is 5.31. The van der Waals surface area contributed by atoms with Gasteiger partial charge in [0, 0.05) is 12.1 Å². The molecule has 0 aromatic heterocycles. The van der Waals surface area contributed by atoms with Gasteiger partial charge >= 0.3 is 0 Å². The fraction of sp³-hybridized carbons (Fsp3) is 1.00. The highest BCUT2D eigenvalue weighted by molar-refractivity contribution is 4.83. The first-order valence-corrected chi connectivity index (χ1v) is 6.70. The summed E-state index contributed by atoms with van der Waals surface area (Å²) in [7, 11) is 0. The van der Waals surface area contributed by atoms with Crippen LogP contribution in [0.15, 0.2) is 0 Å². The molecule has 0 bridgehead atoms. The van der Waals surface area contributed by atoms with Crippen molar-refractivity contribution in [1.29, 1.82) is 0 Å². The van der Waals surface area contributed by atoms with Gasteiger partial charge in [0.05, 0.1) is 6.10 Å². The van der Waals surface area contributed by atoms with Crippen LogP contribution in [0.4, 0.5) is 0 Å². The molecule has 2 aliphatic carbocycles. The lowest BCUT2D eigenvalue weighted by atomic mass is 9.91. The maximum atomic E-state index is 9.44. The van der Waals surface area contributed by atoms with E-state index in [1.807, 2.05) is 0 Å². The Morgan fingerprint density at radius 3 is 2.20 bits per heavy atom. The van der Waals surface area contributed by atoms with Crippen LogP contribution in [0.1, 0.15) is 58.3 Å². The highest BCUT2D eigenvalue weighted by Gasteiger charge is 2.25. The summed E-state index contributed by atoms with van der Waals surface area (Å²) in [5.74, 6) is 0.914. The molecule has 0 unspecified atom stereocenters. The lowest BCUT2D eigenvalue weighted by molar-refractivity contribution is 0.112. The van der Waals surface area contributed by atoms with Gasteiger partial charge in [-0.3, -0.25) is 0 Å². The molecule has 88 valence electrons. The molecule has 2 saturated carbocycles. The van der Waals surface area contributed by atoms with Crippen molar-refractivity contribution < 1.29 is 5.11 Å². The second-order valence-electron chi connectivity index (χ2n) is 5.51. The fourth-order valence-corrected chi connectivity index (χ4v) is 3.21. The molecule has 2 N–H and O–H groups in total. The van der Waals surface area contributed by atoms with Crippen LogP contribution < -0.4 is 5.32 Å². The minimum Gasteiger partial charge on any atom is -0.393 e. The molecule has 1 atom stereocenters. The molecule has 2 aliphatic rings. The highest BCUT2D eigenvalue weighted by Crippen LogP contribution is 2.28. The summed E-state index contributed by atoms with van der Waals surface area (Å²) in [6.07, 6.45) is 10.00. The number of hydrogen-bond acceptors (Lipinski definition) is 2. The van der Waals surface area contributed by atoms with Gasteiger partial charge in [0.2, 0.25) is 0 Å². The predicted molar refractivity (Wildman–Crippen MR) is 62.8 cm³/mol. The Kier molecular flexibility index (Phi) is 4.04. The Bertz CT molecular complexity index is 181. The van der Waals surface area contributed by atoms with Crippen LogP contribution >= 0.6 is 0 Å². The standard InChI is InChI=1S/C13H25NO/c1-10(11-4-2-3-5-11)14-12-6-8-13(15)9-7-12/h10-15H,2-9H2,1H3/t10-,12?,13?/m0/s1. The summed E-state index contributed by atoms with van der Waals surface area (Å²) in [6.45, 7) is 2.35. The number of aliphatic hydroxyl groups excluding tert-OH is 1. The lowest BCUT2D eigenvalue weighted by Crippen LogP contribution is -2.42. The summed E-state index contributed by atoms with van der Waals surface area (Å²) in [5, 5.41) is 13.2. The van der Waals surface area contributed by atoms with Gasteiger partial charge in [-0.15, -0.1) is 0 Å². The molecule has 0 spiro atoms. The monoisotopic (exact) mass is 211 g/mol. The quantitative estimate of drug-likeness (QED) is 0.751. The normalized spacial score (nSPS) is 35.6. The van der Waals surface area contributed by atoms with E-state index in [1.165, 1.54) is 25.7 Å². The number of nitrogens with one attached hydrogen (secondary N) is 1. The number of aliphatic hydroxyl groups is 1. The van der Waals surface area contributed by atoms with Gasteiger partial charge in [-0.25, -0.2) is 0 Å². The Morgan fingerprint density at radius 1 is 1.00 bits per heavy atom. The molecule has 0 aromatic rings. The van der Waals surface area contributed by atoms with Gasteiger partial charge in [-0.1, -0.05) is 12.8 Å². The first kappa shape index (κ1) is 11.4. The molecule has 2 nitrogen and oxygen atoms in total. The van der Waals surface area contributed by atoms with Crippen molar-refractivity contribution in [1.82, 2.24) is 5.32 Å². The highest BCUT2D eigenvalue weighted by atomic mass is 16.3. The summed E-state index contributed by atoms with van der Waals surface area (Å²) in [4.78, 5) is 0. The Labute approximate surface area is 93.5 Å². The van der Waals surface area contributed by atoms with Gasteiger partial charge in [0.15, 0.2) is 0 Å². The van der Waals surface area contributed by atoms with Crippen LogP contribution in [-0.2, 0) is 0 Å². The zero-order chi connectivity index (χ0) is 10.7. The van der Waals surface area contributed by atoms with E-state index < -0.39 is 0 Å². The van der Waals surface area contributed by atoms with Gasteiger partial charge in [-0.05, 0) is 51.4 Å². The number of hydrogen-bond donors (Lipinski definition) is 2. The van der Waals surface area contributed by atoms with Crippen molar-refractivity contribution in [2.75, 3.05) is 0 Å². The maximum absolute atomic E-state index is 9.44. The molecule has 0 amide bonds. The van der Waals surface area contributed by atoms with Crippen molar-refractivity contribution in [3.8, 4) is 0 Å². The minimum absolute atomic E-state index is 0.0233. The SMILES string of the molecule is C[C@H](NC1CCC(O)CC1)C1CCCC1.